The van der Waals surface area contributed by atoms with Gasteiger partial charge < -0.3 is 29.9 Å². The maximum Gasteiger partial charge on any atom is 0.409 e. The van der Waals surface area contributed by atoms with Crippen molar-refractivity contribution in [2.45, 2.75) is 52.0 Å². The number of rotatable bonds is 11. The quantitative estimate of drug-likeness (QED) is 0.302. The van der Waals surface area contributed by atoms with Crippen LogP contribution >= 0.6 is 0 Å². The molecule has 0 bridgehead atoms. The molecule has 1 fully saturated rings. The van der Waals surface area contributed by atoms with E-state index in [9.17, 15) is 9.59 Å². The Morgan fingerprint density at radius 3 is 2.45 bits per heavy atom. The molecule has 1 heterocycles. The van der Waals surface area contributed by atoms with Crippen LogP contribution in [-0.4, -0.2) is 93.9 Å². The van der Waals surface area contributed by atoms with Gasteiger partial charge >= 0.3 is 6.09 Å². The minimum Gasteiger partial charge on any atom is -0.450 e. The third-order valence-electron chi connectivity index (χ3n) is 4.63. The fourth-order valence-electron chi connectivity index (χ4n) is 2.78. The molecule has 0 aromatic heterocycles. The summed E-state index contributed by atoms with van der Waals surface area (Å²) in [5.41, 5.74) is 0. The number of amides is 2. The van der Waals surface area contributed by atoms with Crippen LogP contribution in [-0.2, 0) is 14.3 Å². The van der Waals surface area contributed by atoms with Crippen molar-refractivity contribution in [1.82, 2.24) is 20.4 Å². The molecule has 9 heteroatoms. The minimum absolute atomic E-state index is 0.0499. The van der Waals surface area contributed by atoms with E-state index in [1.807, 2.05) is 6.92 Å². The van der Waals surface area contributed by atoms with Gasteiger partial charge in [-0.15, -0.1) is 0 Å². The highest BCUT2D eigenvalue weighted by molar-refractivity contribution is 5.85. The molecule has 1 saturated heterocycles. The van der Waals surface area contributed by atoms with Crippen LogP contribution in [0.15, 0.2) is 4.99 Å². The highest BCUT2D eigenvalue weighted by Crippen LogP contribution is 2.11. The lowest BCUT2D eigenvalue weighted by atomic mass is 10.1. The highest BCUT2D eigenvalue weighted by atomic mass is 16.6. The van der Waals surface area contributed by atoms with Gasteiger partial charge in [-0.3, -0.25) is 4.79 Å². The number of hydrogen-bond donors (Lipinski definition) is 2. The molecule has 0 aliphatic carbocycles. The molecule has 1 aliphatic rings. The van der Waals surface area contributed by atoms with Crippen molar-refractivity contribution < 1.29 is 19.1 Å². The van der Waals surface area contributed by atoms with Crippen molar-refractivity contribution >= 4 is 18.0 Å². The molecule has 0 saturated carbocycles. The third kappa shape index (κ3) is 10.9. The van der Waals surface area contributed by atoms with Gasteiger partial charge in [0.2, 0.25) is 5.91 Å². The van der Waals surface area contributed by atoms with Crippen molar-refractivity contribution in [3.63, 3.8) is 0 Å². The van der Waals surface area contributed by atoms with Gasteiger partial charge in [-0.25, -0.2) is 9.79 Å². The van der Waals surface area contributed by atoms with Gasteiger partial charge in [-0.05, 0) is 32.6 Å². The Labute approximate surface area is 175 Å². The number of ether oxygens (including phenoxy) is 2. The first-order valence-corrected chi connectivity index (χ1v) is 10.7. The fourth-order valence-corrected chi connectivity index (χ4v) is 2.78. The van der Waals surface area contributed by atoms with Crippen molar-refractivity contribution in [1.29, 1.82) is 0 Å². The number of aliphatic imine (C=N–C) groups is 1. The lowest BCUT2D eigenvalue weighted by Gasteiger charge is -2.32. The summed E-state index contributed by atoms with van der Waals surface area (Å²) in [6, 6.07) is 0.196. The SMILES string of the molecule is CCCCOCCCNC(=NCC(=O)N(C)C)NC1CCN(C(=O)OCC)CC1. The Hall–Kier alpha value is -2.03. The zero-order valence-electron chi connectivity index (χ0n) is 18.5. The van der Waals surface area contributed by atoms with Gasteiger partial charge in [0.15, 0.2) is 5.96 Å². The highest BCUT2D eigenvalue weighted by Gasteiger charge is 2.24. The summed E-state index contributed by atoms with van der Waals surface area (Å²) in [6.07, 6.45) is 4.44. The summed E-state index contributed by atoms with van der Waals surface area (Å²) in [6.45, 7) is 7.95. The molecular formula is C20H39N5O4. The maximum atomic E-state index is 11.9. The van der Waals surface area contributed by atoms with Crippen LogP contribution in [0.5, 0.6) is 0 Å². The standard InChI is InChI=1S/C20H39N5O4/c1-5-7-14-28-15-8-11-21-19(22-16-18(26)24(3)4)23-17-9-12-25(13-10-17)20(27)29-6-2/h17H,5-16H2,1-4H3,(H2,21,22,23). The molecule has 0 aromatic rings. The summed E-state index contributed by atoms with van der Waals surface area (Å²) in [4.78, 5) is 31.4. The second kappa shape index (κ2) is 14.9. The van der Waals surface area contributed by atoms with Crippen molar-refractivity contribution in [2.75, 3.05) is 60.1 Å². The Bertz CT molecular complexity index is 505. The van der Waals surface area contributed by atoms with E-state index in [0.717, 1.165) is 45.3 Å². The first-order valence-electron chi connectivity index (χ1n) is 10.7. The Kier molecular flexibility index (Phi) is 12.8. The summed E-state index contributed by atoms with van der Waals surface area (Å²) in [5, 5.41) is 6.69. The summed E-state index contributed by atoms with van der Waals surface area (Å²) < 4.78 is 10.6. The summed E-state index contributed by atoms with van der Waals surface area (Å²) in [7, 11) is 3.44. The molecule has 1 rings (SSSR count). The fraction of sp³-hybridized carbons (Fsp3) is 0.850. The van der Waals surface area contributed by atoms with E-state index in [4.69, 9.17) is 9.47 Å². The van der Waals surface area contributed by atoms with E-state index in [-0.39, 0.29) is 24.6 Å². The number of unbranched alkanes of at least 4 members (excludes halogenated alkanes) is 1. The second-order valence-electron chi connectivity index (χ2n) is 7.30. The number of nitrogens with one attached hydrogen (secondary N) is 2. The molecule has 0 unspecified atom stereocenters. The molecule has 0 atom stereocenters. The van der Waals surface area contributed by atoms with Crippen molar-refractivity contribution in [3.05, 3.63) is 0 Å². The third-order valence-corrected chi connectivity index (χ3v) is 4.63. The number of carbonyl (C=O) groups excluding carboxylic acids is 2. The molecule has 168 valence electrons. The zero-order valence-corrected chi connectivity index (χ0v) is 18.5. The summed E-state index contributed by atoms with van der Waals surface area (Å²) >= 11 is 0. The van der Waals surface area contributed by atoms with E-state index in [2.05, 4.69) is 22.5 Å². The van der Waals surface area contributed by atoms with Gasteiger partial charge in [0.05, 0.1) is 6.61 Å². The van der Waals surface area contributed by atoms with Gasteiger partial charge in [0.25, 0.3) is 0 Å². The zero-order chi connectivity index (χ0) is 21.5. The molecule has 9 nitrogen and oxygen atoms in total. The predicted octanol–water partition coefficient (Wildman–Crippen LogP) is 1.44. The Morgan fingerprint density at radius 1 is 1.14 bits per heavy atom. The van der Waals surface area contributed by atoms with Crippen LogP contribution in [0.2, 0.25) is 0 Å². The van der Waals surface area contributed by atoms with Crippen LogP contribution in [0.4, 0.5) is 4.79 Å². The lowest BCUT2D eigenvalue weighted by Crippen LogP contribution is -2.50. The normalized spacial score (nSPS) is 15.2. The van der Waals surface area contributed by atoms with E-state index < -0.39 is 0 Å². The van der Waals surface area contributed by atoms with Gasteiger partial charge in [0.1, 0.15) is 6.54 Å². The molecule has 29 heavy (non-hydrogen) atoms. The first kappa shape index (κ1) is 25.0. The topological polar surface area (TPSA) is 95.5 Å². The average Bonchev–Trinajstić information content (AvgIpc) is 2.71. The molecule has 0 spiro atoms. The second-order valence-corrected chi connectivity index (χ2v) is 7.30. The molecule has 0 radical (unpaired) electrons. The number of carbonyl (C=O) groups is 2. The predicted molar refractivity (Wildman–Crippen MR) is 114 cm³/mol. The number of guanidine groups is 1. The number of nitrogens with zero attached hydrogens (tertiary/aromatic N) is 3. The Morgan fingerprint density at radius 2 is 1.83 bits per heavy atom. The number of likely N-dealkylation sites (N-methyl/N-ethyl adjacent to an activating group) is 1. The number of hydrogen-bond acceptors (Lipinski definition) is 5. The molecule has 1 aliphatic heterocycles. The smallest absolute Gasteiger partial charge is 0.409 e. The van der Waals surface area contributed by atoms with E-state index in [1.165, 1.54) is 4.90 Å². The van der Waals surface area contributed by atoms with Crippen LogP contribution < -0.4 is 10.6 Å². The molecule has 0 aromatic carbocycles. The molecular weight excluding hydrogens is 374 g/mol. The largest absolute Gasteiger partial charge is 0.450 e. The van der Waals surface area contributed by atoms with Gasteiger partial charge in [0, 0.05) is 53.0 Å². The van der Waals surface area contributed by atoms with E-state index in [1.54, 1.807) is 19.0 Å². The van der Waals surface area contributed by atoms with Crippen molar-refractivity contribution in [3.8, 4) is 0 Å². The Balaban J connectivity index is 2.46. The minimum atomic E-state index is -0.252. The van der Waals surface area contributed by atoms with Crippen LogP contribution in [0.25, 0.3) is 0 Å². The van der Waals surface area contributed by atoms with Crippen LogP contribution in [0, 0.1) is 0 Å². The summed E-state index contributed by atoms with van der Waals surface area (Å²) in [5.74, 6) is 0.578. The first-order chi connectivity index (χ1) is 14.0. The van der Waals surface area contributed by atoms with E-state index >= 15 is 0 Å². The van der Waals surface area contributed by atoms with Crippen LogP contribution in [0.3, 0.4) is 0 Å². The van der Waals surface area contributed by atoms with Gasteiger partial charge in [-0.2, -0.15) is 0 Å². The van der Waals surface area contributed by atoms with Crippen molar-refractivity contribution in [2.24, 2.45) is 4.99 Å². The van der Waals surface area contributed by atoms with Gasteiger partial charge in [-0.1, -0.05) is 13.3 Å². The molecule has 2 N–H and O–H groups in total. The lowest BCUT2D eigenvalue weighted by molar-refractivity contribution is -0.127. The monoisotopic (exact) mass is 413 g/mol. The van der Waals surface area contributed by atoms with E-state index in [0.29, 0.717) is 32.3 Å². The maximum absolute atomic E-state index is 11.9. The molecule has 2 amide bonds. The number of likely N-dealkylation sites (tertiary alicyclic amines) is 1. The average molecular weight is 414 g/mol. The van der Waals surface area contributed by atoms with Crippen LogP contribution in [0.1, 0.15) is 46.0 Å². The number of piperidine rings is 1.